The monoisotopic (exact) mass is 283 g/mol. The van der Waals surface area contributed by atoms with E-state index in [0.29, 0.717) is 6.42 Å². The van der Waals surface area contributed by atoms with Crippen LogP contribution in [0.25, 0.3) is 0 Å². The largest absolute Gasteiger partial charge is 0.387 e. The van der Waals surface area contributed by atoms with Crippen LogP contribution in [-0.2, 0) is 4.84 Å². The van der Waals surface area contributed by atoms with Crippen molar-refractivity contribution in [1.82, 2.24) is 5.32 Å². The Bertz CT molecular complexity index is 542. The SMILES string of the molecule is CC1=NO[C@](C)(CNC(=O)Nc2cc(F)cc(F)c2)C1. The number of anilines is 1. The van der Waals surface area contributed by atoms with Crippen LogP contribution >= 0.6 is 0 Å². The smallest absolute Gasteiger partial charge is 0.319 e. The minimum Gasteiger partial charge on any atom is -0.387 e. The third kappa shape index (κ3) is 3.66. The summed E-state index contributed by atoms with van der Waals surface area (Å²) in [7, 11) is 0. The second-order valence-corrected chi connectivity index (χ2v) is 5.01. The second kappa shape index (κ2) is 5.44. The lowest BCUT2D eigenvalue weighted by molar-refractivity contribution is -0.0000967. The van der Waals surface area contributed by atoms with Crippen molar-refractivity contribution in [2.45, 2.75) is 25.9 Å². The highest BCUT2D eigenvalue weighted by Crippen LogP contribution is 2.22. The van der Waals surface area contributed by atoms with Crippen LogP contribution in [0.1, 0.15) is 20.3 Å². The highest BCUT2D eigenvalue weighted by atomic mass is 19.1. The van der Waals surface area contributed by atoms with Crippen molar-refractivity contribution in [1.29, 1.82) is 0 Å². The normalized spacial score (nSPS) is 21.1. The first-order chi connectivity index (χ1) is 9.36. The molecule has 2 rings (SSSR count). The van der Waals surface area contributed by atoms with E-state index in [2.05, 4.69) is 15.8 Å². The van der Waals surface area contributed by atoms with Gasteiger partial charge < -0.3 is 15.5 Å². The number of halogens is 2. The van der Waals surface area contributed by atoms with Gasteiger partial charge in [0.15, 0.2) is 5.60 Å². The van der Waals surface area contributed by atoms with E-state index in [0.717, 1.165) is 23.9 Å². The number of carbonyl (C=O) groups excluding carboxylic acids is 1. The fourth-order valence-corrected chi connectivity index (χ4v) is 1.96. The van der Waals surface area contributed by atoms with Gasteiger partial charge in [-0.05, 0) is 26.0 Å². The number of benzene rings is 1. The molecule has 0 aromatic heterocycles. The Hall–Kier alpha value is -2.18. The molecule has 0 fully saturated rings. The summed E-state index contributed by atoms with van der Waals surface area (Å²) in [6.45, 7) is 3.88. The average molecular weight is 283 g/mol. The molecule has 0 saturated carbocycles. The lowest BCUT2D eigenvalue weighted by Crippen LogP contribution is -2.42. The van der Waals surface area contributed by atoms with Crippen LogP contribution < -0.4 is 10.6 Å². The third-order valence-electron chi connectivity index (χ3n) is 2.79. The van der Waals surface area contributed by atoms with E-state index >= 15 is 0 Å². The minimum absolute atomic E-state index is 0.0462. The van der Waals surface area contributed by atoms with Gasteiger partial charge in [0.2, 0.25) is 0 Å². The van der Waals surface area contributed by atoms with Crippen LogP contribution in [0, 0.1) is 11.6 Å². The van der Waals surface area contributed by atoms with Crippen molar-refractivity contribution in [3.8, 4) is 0 Å². The van der Waals surface area contributed by atoms with E-state index < -0.39 is 23.3 Å². The van der Waals surface area contributed by atoms with Gasteiger partial charge in [0, 0.05) is 18.2 Å². The number of nitrogens with one attached hydrogen (secondary N) is 2. The fourth-order valence-electron chi connectivity index (χ4n) is 1.96. The van der Waals surface area contributed by atoms with Gasteiger partial charge in [0.1, 0.15) is 11.6 Å². The van der Waals surface area contributed by atoms with Gasteiger partial charge in [0.25, 0.3) is 0 Å². The molecule has 1 heterocycles. The van der Waals surface area contributed by atoms with E-state index in [1.54, 1.807) is 0 Å². The molecule has 0 saturated heterocycles. The van der Waals surface area contributed by atoms with Gasteiger partial charge in [-0.3, -0.25) is 0 Å². The number of oxime groups is 1. The Labute approximate surface area is 115 Å². The molecule has 2 N–H and O–H groups in total. The molecule has 20 heavy (non-hydrogen) atoms. The molecule has 0 spiro atoms. The van der Waals surface area contributed by atoms with Gasteiger partial charge in [0.05, 0.1) is 12.3 Å². The maximum absolute atomic E-state index is 13.0. The van der Waals surface area contributed by atoms with E-state index in [1.807, 2.05) is 13.8 Å². The highest BCUT2D eigenvalue weighted by molar-refractivity contribution is 5.89. The molecule has 1 atom stereocenters. The first kappa shape index (κ1) is 14.2. The van der Waals surface area contributed by atoms with E-state index in [9.17, 15) is 13.6 Å². The van der Waals surface area contributed by atoms with Crippen LogP contribution in [-0.4, -0.2) is 23.9 Å². The van der Waals surface area contributed by atoms with Crippen LogP contribution in [0.15, 0.2) is 23.4 Å². The summed E-state index contributed by atoms with van der Waals surface area (Å²) in [6.07, 6.45) is 0.613. The Morgan fingerprint density at radius 3 is 2.60 bits per heavy atom. The zero-order chi connectivity index (χ0) is 14.8. The minimum atomic E-state index is -0.754. The predicted octanol–water partition coefficient (Wildman–Crippen LogP) is 2.64. The van der Waals surface area contributed by atoms with Crippen molar-refractivity contribution >= 4 is 17.4 Å². The summed E-state index contributed by atoms with van der Waals surface area (Å²) in [5.74, 6) is -1.51. The number of nitrogens with zero attached hydrogens (tertiary/aromatic N) is 1. The summed E-state index contributed by atoms with van der Waals surface area (Å²) in [6, 6.07) is 2.23. The van der Waals surface area contributed by atoms with Crippen LogP contribution in [0.5, 0.6) is 0 Å². The van der Waals surface area contributed by atoms with E-state index in [1.165, 1.54) is 0 Å². The summed E-state index contributed by atoms with van der Waals surface area (Å²) in [5.41, 5.74) is 0.307. The maximum Gasteiger partial charge on any atom is 0.319 e. The van der Waals surface area contributed by atoms with Crippen LogP contribution in [0.3, 0.4) is 0 Å². The summed E-state index contributed by atoms with van der Waals surface area (Å²) >= 11 is 0. The first-order valence-corrected chi connectivity index (χ1v) is 6.09. The highest BCUT2D eigenvalue weighted by Gasteiger charge is 2.32. The first-order valence-electron chi connectivity index (χ1n) is 6.09. The molecule has 0 radical (unpaired) electrons. The Morgan fingerprint density at radius 1 is 1.40 bits per heavy atom. The van der Waals surface area contributed by atoms with Crippen molar-refractivity contribution in [2.75, 3.05) is 11.9 Å². The number of rotatable bonds is 3. The zero-order valence-electron chi connectivity index (χ0n) is 11.2. The number of carbonyl (C=O) groups is 1. The van der Waals surface area contributed by atoms with Crippen molar-refractivity contribution in [3.63, 3.8) is 0 Å². The Balaban J connectivity index is 1.87. The molecule has 1 aromatic rings. The topological polar surface area (TPSA) is 62.7 Å². The number of hydrogen-bond acceptors (Lipinski definition) is 3. The van der Waals surface area contributed by atoms with Crippen LogP contribution in [0.4, 0.5) is 19.3 Å². The molecule has 1 aromatic carbocycles. The summed E-state index contributed by atoms with van der Waals surface area (Å²) in [5, 5.41) is 8.75. The van der Waals surface area contributed by atoms with E-state index in [-0.39, 0.29) is 12.2 Å². The summed E-state index contributed by atoms with van der Waals surface area (Å²) < 4.78 is 25.9. The molecule has 2 amide bonds. The molecular weight excluding hydrogens is 268 g/mol. The molecule has 7 heteroatoms. The molecule has 5 nitrogen and oxygen atoms in total. The molecule has 1 aliphatic heterocycles. The quantitative estimate of drug-likeness (QED) is 0.895. The Morgan fingerprint density at radius 2 is 2.05 bits per heavy atom. The van der Waals surface area contributed by atoms with Crippen LogP contribution in [0.2, 0.25) is 0 Å². The second-order valence-electron chi connectivity index (χ2n) is 5.01. The van der Waals surface area contributed by atoms with Gasteiger partial charge in [-0.2, -0.15) is 0 Å². The fraction of sp³-hybridized carbons (Fsp3) is 0.385. The van der Waals surface area contributed by atoms with Gasteiger partial charge in [-0.15, -0.1) is 0 Å². The predicted molar refractivity (Wildman–Crippen MR) is 70.6 cm³/mol. The van der Waals surface area contributed by atoms with Crippen molar-refractivity contribution in [2.24, 2.45) is 5.16 Å². The Kier molecular flexibility index (Phi) is 3.87. The molecule has 108 valence electrons. The van der Waals surface area contributed by atoms with Crippen molar-refractivity contribution < 1.29 is 18.4 Å². The van der Waals surface area contributed by atoms with Gasteiger partial charge in [-0.25, -0.2) is 13.6 Å². The number of urea groups is 1. The average Bonchev–Trinajstić information content (AvgIpc) is 2.66. The standard InChI is InChI=1S/C13H15F2N3O2/c1-8-6-13(2,20-18-8)7-16-12(19)17-11-4-9(14)3-10(15)5-11/h3-5H,6-7H2,1-2H3,(H2,16,17,19)/t13-/m0/s1. The van der Waals surface area contributed by atoms with Gasteiger partial charge in [-0.1, -0.05) is 5.16 Å². The number of amides is 2. The molecule has 0 aliphatic carbocycles. The molecule has 0 unspecified atom stereocenters. The lowest BCUT2D eigenvalue weighted by Gasteiger charge is -2.21. The van der Waals surface area contributed by atoms with Gasteiger partial charge >= 0.3 is 6.03 Å². The molecule has 0 bridgehead atoms. The van der Waals surface area contributed by atoms with Crippen molar-refractivity contribution in [3.05, 3.63) is 29.8 Å². The third-order valence-corrected chi connectivity index (χ3v) is 2.79. The lowest BCUT2D eigenvalue weighted by atomic mass is 10.0. The van der Waals surface area contributed by atoms with E-state index in [4.69, 9.17) is 4.84 Å². The zero-order valence-corrected chi connectivity index (χ0v) is 11.2. The molecular formula is C13H15F2N3O2. The summed E-state index contributed by atoms with van der Waals surface area (Å²) in [4.78, 5) is 16.9. The number of hydrogen-bond donors (Lipinski definition) is 2. The maximum atomic E-state index is 13.0. The molecule has 1 aliphatic rings.